The van der Waals surface area contributed by atoms with Crippen molar-refractivity contribution >= 4 is 0 Å². The molecular weight excluding hydrogens is 325 g/mol. The van der Waals surface area contributed by atoms with Crippen molar-refractivity contribution in [3.8, 4) is 11.5 Å². The first-order valence-corrected chi connectivity index (χ1v) is 8.59. The molecule has 2 aromatic rings. The van der Waals surface area contributed by atoms with Crippen molar-refractivity contribution in [1.29, 1.82) is 0 Å². The normalized spacial score (nSPS) is 20.8. The molecule has 1 aromatic heterocycles. The topological polar surface area (TPSA) is 59.8 Å². The van der Waals surface area contributed by atoms with Crippen LogP contribution in [-0.2, 0) is 13.1 Å². The third-order valence-electron chi connectivity index (χ3n) is 4.24. The number of nitrogens with zero attached hydrogens (tertiary/aromatic N) is 3. The predicted molar refractivity (Wildman–Crippen MR) is 91.2 cm³/mol. The molecule has 0 amide bonds. The maximum absolute atomic E-state index is 14.0. The summed E-state index contributed by atoms with van der Waals surface area (Å²) in [6, 6.07) is 4.98. The molecule has 1 aliphatic heterocycles. The number of ether oxygens (including phenoxy) is 2. The minimum Gasteiger partial charge on any atom is -0.491 e. The predicted octanol–water partition coefficient (Wildman–Crippen LogP) is 2.06. The lowest BCUT2D eigenvalue weighted by Gasteiger charge is -2.16. The van der Waals surface area contributed by atoms with Crippen molar-refractivity contribution < 1.29 is 19.0 Å². The van der Waals surface area contributed by atoms with Crippen molar-refractivity contribution in [3.05, 3.63) is 42.0 Å². The Hall–Kier alpha value is -2.12. The smallest absolute Gasteiger partial charge is 0.165 e. The Morgan fingerprint density at radius 1 is 1.32 bits per heavy atom. The van der Waals surface area contributed by atoms with Gasteiger partial charge in [-0.25, -0.2) is 4.39 Å². The van der Waals surface area contributed by atoms with Crippen LogP contribution in [0.15, 0.2) is 30.6 Å². The molecule has 7 heteroatoms. The summed E-state index contributed by atoms with van der Waals surface area (Å²) in [6.07, 6.45) is 2.57. The average Bonchev–Trinajstić information content (AvgIpc) is 3.17. The van der Waals surface area contributed by atoms with Gasteiger partial charge in [0.1, 0.15) is 12.2 Å². The first-order chi connectivity index (χ1) is 12.1. The Morgan fingerprint density at radius 2 is 2.16 bits per heavy atom. The molecule has 3 rings (SSSR count). The highest BCUT2D eigenvalue weighted by atomic mass is 19.1. The van der Waals surface area contributed by atoms with E-state index in [4.69, 9.17) is 9.47 Å². The van der Waals surface area contributed by atoms with Gasteiger partial charge in [-0.3, -0.25) is 9.58 Å². The van der Waals surface area contributed by atoms with Gasteiger partial charge < -0.3 is 14.6 Å². The molecule has 25 heavy (non-hydrogen) atoms. The van der Waals surface area contributed by atoms with Crippen LogP contribution in [0, 0.1) is 5.82 Å². The van der Waals surface area contributed by atoms with E-state index < -0.39 is 6.10 Å². The number of β-amino-alcohol motifs (C(OH)–C–C–N with tert-alkyl or cyclic N) is 1. The Labute approximate surface area is 146 Å². The molecule has 2 atom stereocenters. The first kappa shape index (κ1) is 17.7. The summed E-state index contributed by atoms with van der Waals surface area (Å²) >= 11 is 0. The number of rotatable bonds is 7. The van der Waals surface area contributed by atoms with Crippen molar-refractivity contribution in [2.75, 3.05) is 19.7 Å². The minimum atomic E-state index is -0.586. The number of hydrogen-bond donors (Lipinski definition) is 1. The summed E-state index contributed by atoms with van der Waals surface area (Å²) in [4.78, 5) is 2.05. The van der Waals surface area contributed by atoms with Crippen LogP contribution < -0.4 is 9.47 Å². The number of aliphatic hydroxyl groups excluding tert-OH is 1. The van der Waals surface area contributed by atoms with Crippen molar-refractivity contribution in [1.82, 2.24) is 14.7 Å². The second-order valence-electron chi connectivity index (χ2n) is 6.15. The molecule has 0 unspecified atom stereocenters. The van der Waals surface area contributed by atoms with Gasteiger partial charge in [0.2, 0.25) is 0 Å². The van der Waals surface area contributed by atoms with Crippen molar-refractivity contribution in [3.63, 3.8) is 0 Å². The zero-order valence-electron chi connectivity index (χ0n) is 14.6. The van der Waals surface area contributed by atoms with Gasteiger partial charge in [0.15, 0.2) is 17.3 Å². The molecule has 1 aliphatic rings. The van der Waals surface area contributed by atoms with E-state index >= 15 is 0 Å². The molecule has 1 N–H and O–H groups in total. The van der Waals surface area contributed by atoms with E-state index in [1.807, 2.05) is 26.1 Å². The van der Waals surface area contributed by atoms with Gasteiger partial charge in [0.25, 0.3) is 0 Å². The summed E-state index contributed by atoms with van der Waals surface area (Å²) < 4.78 is 26.8. The van der Waals surface area contributed by atoms with Gasteiger partial charge in [0.05, 0.1) is 19.0 Å². The zero-order valence-corrected chi connectivity index (χ0v) is 14.6. The van der Waals surface area contributed by atoms with Crippen LogP contribution in [0.4, 0.5) is 4.39 Å². The molecule has 0 radical (unpaired) electrons. The van der Waals surface area contributed by atoms with E-state index in [2.05, 4.69) is 10.00 Å². The van der Waals surface area contributed by atoms with Crippen LogP contribution in [0.2, 0.25) is 0 Å². The number of aromatic nitrogens is 2. The van der Waals surface area contributed by atoms with Gasteiger partial charge in [-0.15, -0.1) is 0 Å². The van der Waals surface area contributed by atoms with Gasteiger partial charge >= 0.3 is 0 Å². The highest BCUT2D eigenvalue weighted by Crippen LogP contribution is 2.23. The van der Waals surface area contributed by atoms with E-state index in [-0.39, 0.29) is 17.7 Å². The molecule has 6 nitrogen and oxygen atoms in total. The SMILES string of the molecule is CCOc1ccc(CN2C[C@@H](O)[C@H](Oc3cnn(CC)c3)C2)cc1F. The lowest BCUT2D eigenvalue weighted by molar-refractivity contribution is 0.0736. The summed E-state index contributed by atoms with van der Waals surface area (Å²) in [6.45, 7) is 6.64. The third-order valence-corrected chi connectivity index (χ3v) is 4.24. The van der Waals surface area contributed by atoms with E-state index in [9.17, 15) is 9.50 Å². The van der Waals surface area contributed by atoms with E-state index in [0.717, 1.165) is 12.1 Å². The molecule has 0 aliphatic carbocycles. The van der Waals surface area contributed by atoms with Crippen LogP contribution in [0.25, 0.3) is 0 Å². The van der Waals surface area contributed by atoms with Crippen LogP contribution >= 0.6 is 0 Å². The maximum Gasteiger partial charge on any atom is 0.165 e. The largest absolute Gasteiger partial charge is 0.491 e. The molecule has 1 aromatic carbocycles. The number of benzene rings is 1. The Kier molecular flexibility index (Phi) is 5.55. The number of aliphatic hydroxyl groups is 1. The molecular formula is C18H24FN3O3. The summed E-state index contributed by atoms with van der Waals surface area (Å²) in [5.74, 6) is 0.556. The molecule has 0 saturated carbocycles. The van der Waals surface area contributed by atoms with Crippen molar-refractivity contribution in [2.24, 2.45) is 0 Å². The van der Waals surface area contributed by atoms with E-state index in [1.54, 1.807) is 16.9 Å². The minimum absolute atomic E-state index is 0.266. The molecule has 0 spiro atoms. The standard InChI is InChI=1S/C18H24FN3O3/c1-3-22-10-14(8-20-22)25-18-12-21(11-16(18)23)9-13-5-6-17(24-4-2)15(19)7-13/h5-8,10,16,18,23H,3-4,9,11-12H2,1-2H3/t16-,18-/m1/s1. The quantitative estimate of drug-likeness (QED) is 0.829. The monoisotopic (exact) mass is 349 g/mol. The zero-order chi connectivity index (χ0) is 17.8. The Morgan fingerprint density at radius 3 is 2.84 bits per heavy atom. The van der Waals surface area contributed by atoms with Crippen molar-refractivity contribution in [2.45, 2.75) is 39.1 Å². The number of hydrogen-bond acceptors (Lipinski definition) is 5. The van der Waals surface area contributed by atoms with Gasteiger partial charge in [-0.05, 0) is 31.5 Å². The Balaban J connectivity index is 1.58. The lowest BCUT2D eigenvalue weighted by atomic mass is 10.2. The summed E-state index contributed by atoms with van der Waals surface area (Å²) in [5.41, 5.74) is 0.840. The van der Waals surface area contributed by atoms with Gasteiger partial charge in [-0.2, -0.15) is 5.10 Å². The highest BCUT2D eigenvalue weighted by Gasteiger charge is 2.33. The fourth-order valence-corrected chi connectivity index (χ4v) is 3.00. The van der Waals surface area contributed by atoms with E-state index in [1.165, 1.54) is 6.07 Å². The number of halogens is 1. The number of likely N-dealkylation sites (tertiary alicyclic amines) is 1. The molecule has 2 heterocycles. The summed E-state index contributed by atoms with van der Waals surface area (Å²) in [7, 11) is 0. The van der Waals surface area contributed by atoms with Crippen LogP contribution in [-0.4, -0.2) is 51.7 Å². The number of aryl methyl sites for hydroxylation is 1. The van der Waals surface area contributed by atoms with Crippen LogP contribution in [0.1, 0.15) is 19.4 Å². The van der Waals surface area contributed by atoms with Gasteiger partial charge in [-0.1, -0.05) is 6.07 Å². The van der Waals surface area contributed by atoms with Crippen LogP contribution in [0.3, 0.4) is 0 Å². The first-order valence-electron chi connectivity index (χ1n) is 8.59. The fraction of sp³-hybridized carbons (Fsp3) is 0.500. The lowest BCUT2D eigenvalue weighted by Crippen LogP contribution is -2.29. The highest BCUT2D eigenvalue weighted by molar-refractivity contribution is 5.29. The maximum atomic E-state index is 14.0. The molecule has 1 fully saturated rings. The fourth-order valence-electron chi connectivity index (χ4n) is 3.00. The van der Waals surface area contributed by atoms with E-state index in [0.29, 0.717) is 32.0 Å². The average molecular weight is 349 g/mol. The molecule has 136 valence electrons. The Bertz CT molecular complexity index is 707. The summed E-state index contributed by atoms with van der Waals surface area (Å²) in [5, 5.41) is 14.4. The molecule has 0 bridgehead atoms. The second-order valence-corrected chi connectivity index (χ2v) is 6.15. The van der Waals surface area contributed by atoms with Gasteiger partial charge in [0, 0.05) is 26.2 Å². The second kappa shape index (κ2) is 7.84. The molecule has 1 saturated heterocycles. The third kappa shape index (κ3) is 4.29. The van der Waals surface area contributed by atoms with Crippen LogP contribution in [0.5, 0.6) is 11.5 Å².